The third-order valence-electron chi connectivity index (χ3n) is 2.68. The van der Waals surface area contributed by atoms with Crippen LogP contribution in [0, 0.1) is 0 Å². The molecule has 0 aliphatic rings. The standard InChI is InChI=1S/C13H22N4O2/c1-17(13-15-8-6-9-16-13)11-12(19)14-7-4-2-3-5-10-18/h6,8-9,18H,2-5,7,10-11H2,1H3,(H,14,19). The number of unbranched alkanes of at least 4 members (excludes halogenated alkanes) is 3. The van der Waals surface area contributed by atoms with Crippen LogP contribution in [0.15, 0.2) is 18.5 Å². The monoisotopic (exact) mass is 266 g/mol. The SMILES string of the molecule is CN(CC(=O)NCCCCCCO)c1ncccn1. The zero-order valence-corrected chi connectivity index (χ0v) is 11.4. The van der Waals surface area contributed by atoms with E-state index in [9.17, 15) is 4.79 Å². The van der Waals surface area contributed by atoms with E-state index >= 15 is 0 Å². The number of aliphatic hydroxyl groups excluding tert-OH is 1. The summed E-state index contributed by atoms with van der Waals surface area (Å²) in [5.74, 6) is 0.512. The predicted octanol–water partition coefficient (Wildman–Crippen LogP) is 0.582. The van der Waals surface area contributed by atoms with Crippen molar-refractivity contribution < 1.29 is 9.90 Å². The Bertz CT molecular complexity index is 359. The first-order valence-electron chi connectivity index (χ1n) is 6.59. The van der Waals surface area contributed by atoms with Crippen LogP contribution in [0.3, 0.4) is 0 Å². The largest absolute Gasteiger partial charge is 0.396 e. The highest BCUT2D eigenvalue weighted by Crippen LogP contribution is 2.01. The number of nitrogens with zero attached hydrogens (tertiary/aromatic N) is 3. The van der Waals surface area contributed by atoms with Gasteiger partial charge in [-0.15, -0.1) is 0 Å². The minimum atomic E-state index is -0.0305. The van der Waals surface area contributed by atoms with Crippen molar-refractivity contribution in [2.24, 2.45) is 0 Å². The minimum Gasteiger partial charge on any atom is -0.396 e. The zero-order valence-electron chi connectivity index (χ0n) is 11.4. The number of likely N-dealkylation sites (N-methyl/N-ethyl adjacent to an activating group) is 1. The summed E-state index contributed by atoms with van der Waals surface area (Å²) in [5.41, 5.74) is 0. The van der Waals surface area contributed by atoms with Crippen molar-refractivity contribution in [2.45, 2.75) is 25.7 Å². The van der Waals surface area contributed by atoms with Gasteiger partial charge in [-0.2, -0.15) is 0 Å². The molecule has 0 saturated heterocycles. The second-order valence-electron chi connectivity index (χ2n) is 4.39. The van der Waals surface area contributed by atoms with Crippen LogP contribution in [0.4, 0.5) is 5.95 Å². The number of aromatic nitrogens is 2. The molecule has 0 spiro atoms. The molecule has 0 aromatic carbocycles. The Morgan fingerprint density at radius 1 is 1.26 bits per heavy atom. The summed E-state index contributed by atoms with van der Waals surface area (Å²) in [6, 6.07) is 1.74. The molecule has 1 aromatic heterocycles. The highest BCUT2D eigenvalue weighted by Gasteiger charge is 2.08. The molecule has 0 aliphatic carbocycles. The van der Waals surface area contributed by atoms with Gasteiger partial charge in [0.1, 0.15) is 0 Å². The zero-order chi connectivity index (χ0) is 13.9. The lowest BCUT2D eigenvalue weighted by Gasteiger charge is -2.15. The van der Waals surface area contributed by atoms with Gasteiger partial charge >= 0.3 is 0 Å². The first-order chi connectivity index (χ1) is 9.24. The van der Waals surface area contributed by atoms with Crippen LogP contribution in [-0.2, 0) is 4.79 Å². The first kappa shape index (κ1) is 15.4. The molecule has 0 fully saturated rings. The second kappa shape index (κ2) is 9.27. The molecule has 0 unspecified atom stereocenters. The van der Waals surface area contributed by atoms with E-state index in [1.54, 1.807) is 30.4 Å². The molecule has 1 heterocycles. The average Bonchev–Trinajstić information content (AvgIpc) is 2.43. The Morgan fingerprint density at radius 2 is 1.95 bits per heavy atom. The topological polar surface area (TPSA) is 78.4 Å². The van der Waals surface area contributed by atoms with Crippen LogP contribution in [-0.4, -0.2) is 47.7 Å². The fourth-order valence-corrected chi connectivity index (χ4v) is 1.65. The number of carbonyl (C=O) groups excluding carboxylic acids is 1. The molecular formula is C13H22N4O2. The molecule has 1 aromatic rings. The van der Waals surface area contributed by atoms with Crippen molar-refractivity contribution in [3.63, 3.8) is 0 Å². The van der Waals surface area contributed by atoms with Gasteiger partial charge in [0, 0.05) is 32.6 Å². The number of aliphatic hydroxyl groups is 1. The number of rotatable bonds is 9. The first-order valence-corrected chi connectivity index (χ1v) is 6.59. The summed E-state index contributed by atoms with van der Waals surface area (Å²) < 4.78 is 0. The van der Waals surface area contributed by atoms with Gasteiger partial charge < -0.3 is 15.3 Å². The Hall–Kier alpha value is -1.69. The summed E-state index contributed by atoms with van der Waals surface area (Å²) in [7, 11) is 1.79. The normalized spacial score (nSPS) is 10.2. The maximum atomic E-state index is 11.7. The molecule has 6 heteroatoms. The number of nitrogens with one attached hydrogen (secondary N) is 1. The third kappa shape index (κ3) is 6.71. The molecule has 1 amide bonds. The van der Waals surface area contributed by atoms with Gasteiger partial charge in [0.25, 0.3) is 0 Å². The summed E-state index contributed by atoms with van der Waals surface area (Å²) in [6.45, 7) is 1.17. The Labute approximate surface area is 113 Å². The van der Waals surface area contributed by atoms with Crippen LogP contribution in [0.1, 0.15) is 25.7 Å². The molecule has 106 valence electrons. The summed E-state index contributed by atoms with van der Waals surface area (Å²) in [4.78, 5) is 21.5. The van der Waals surface area contributed by atoms with Crippen LogP contribution >= 0.6 is 0 Å². The quantitative estimate of drug-likeness (QED) is 0.639. The number of carbonyl (C=O) groups is 1. The van der Waals surface area contributed by atoms with Crippen molar-refractivity contribution >= 4 is 11.9 Å². The van der Waals surface area contributed by atoms with E-state index in [1.165, 1.54) is 0 Å². The van der Waals surface area contributed by atoms with E-state index in [-0.39, 0.29) is 19.1 Å². The van der Waals surface area contributed by atoms with Crippen molar-refractivity contribution in [1.82, 2.24) is 15.3 Å². The fraction of sp³-hybridized carbons (Fsp3) is 0.615. The predicted molar refractivity (Wildman–Crippen MR) is 73.9 cm³/mol. The Morgan fingerprint density at radius 3 is 2.63 bits per heavy atom. The van der Waals surface area contributed by atoms with Crippen LogP contribution in [0.5, 0.6) is 0 Å². The Kier molecular flexibility index (Phi) is 7.50. The lowest BCUT2D eigenvalue weighted by molar-refractivity contribution is -0.119. The molecule has 0 aliphatic heterocycles. The van der Waals surface area contributed by atoms with E-state index in [2.05, 4.69) is 15.3 Å². The highest BCUT2D eigenvalue weighted by molar-refractivity contribution is 5.80. The molecule has 19 heavy (non-hydrogen) atoms. The van der Waals surface area contributed by atoms with Gasteiger partial charge in [-0.1, -0.05) is 12.8 Å². The van der Waals surface area contributed by atoms with Crippen molar-refractivity contribution in [2.75, 3.05) is 31.6 Å². The lowest BCUT2D eigenvalue weighted by Crippen LogP contribution is -2.36. The fourth-order valence-electron chi connectivity index (χ4n) is 1.65. The molecule has 0 radical (unpaired) electrons. The summed E-state index contributed by atoms with van der Waals surface area (Å²) >= 11 is 0. The molecule has 0 saturated carbocycles. The molecule has 0 atom stereocenters. The smallest absolute Gasteiger partial charge is 0.239 e. The van der Waals surface area contributed by atoms with E-state index in [1.807, 2.05) is 0 Å². The average molecular weight is 266 g/mol. The number of hydrogen-bond acceptors (Lipinski definition) is 5. The van der Waals surface area contributed by atoms with Crippen molar-refractivity contribution in [3.05, 3.63) is 18.5 Å². The Balaban J connectivity index is 2.14. The third-order valence-corrected chi connectivity index (χ3v) is 2.68. The van der Waals surface area contributed by atoms with Gasteiger partial charge in [0.2, 0.25) is 11.9 Å². The maximum Gasteiger partial charge on any atom is 0.239 e. The van der Waals surface area contributed by atoms with Crippen molar-refractivity contribution in [3.8, 4) is 0 Å². The lowest BCUT2D eigenvalue weighted by atomic mass is 10.2. The molecule has 1 rings (SSSR count). The van der Waals surface area contributed by atoms with Gasteiger partial charge in [0.05, 0.1) is 6.54 Å². The summed E-state index contributed by atoms with van der Waals surface area (Å²) in [5, 5.41) is 11.5. The molecule has 2 N–H and O–H groups in total. The number of anilines is 1. The molecular weight excluding hydrogens is 244 g/mol. The van der Waals surface area contributed by atoms with Crippen LogP contribution < -0.4 is 10.2 Å². The van der Waals surface area contributed by atoms with E-state index in [0.717, 1.165) is 25.7 Å². The number of amides is 1. The highest BCUT2D eigenvalue weighted by atomic mass is 16.2. The van der Waals surface area contributed by atoms with E-state index < -0.39 is 0 Å². The van der Waals surface area contributed by atoms with E-state index in [4.69, 9.17) is 5.11 Å². The van der Waals surface area contributed by atoms with Gasteiger partial charge in [-0.3, -0.25) is 4.79 Å². The minimum absolute atomic E-state index is 0.0305. The molecule has 6 nitrogen and oxygen atoms in total. The van der Waals surface area contributed by atoms with Gasteiger partial charge in [-0.05, 0) is 18.9 Å². The van der Waals surface area contributed by atoms with Crippen LogP contribution in [0.2, 0.25) is 0 Å². The van der Waals surface area contributed by atoms with Gasteiger partial charge in [-0.25, -0.2) is 9.97 Å². The van der Waals surface area contributed by atoms with Gasteiger partial charge in [0.15, 0.2) is 0 Å². The van der Waals surface area contributed by atoms with E-state index in [0.29, 0.717) is 12.5 Å². The maximum absolute atomic E-state index is 11.7. The molecule has 0 bridgehead atoms. The summed E-state index contributed by atoms with van der Waals surface area (Å²) in [6.07, 6.45) is 7.11. The second-order valence-corrected chi connectivity index (χ2v) is 4.39. The van der Waals surface area contributed by atoms with Crippen LogP contribution in [0.25, 0.3) is 0 Å². The number of hydrogen-bond donors (Lipinski definition) is 2. The van der Waals surface area contributed by atoms with Crippen molar-refractivity contribution in [1.29, 1.82) is 0 Å².